The lowest BCUT2D eigenvalue weighted by Gasteiger charge is -2.28. The molecule has 1 amide bonds. The lowest BCUT2D eigenvalue weighted by atomic mass is 10.1. The largest absolute Gasteiger partial charge is 0.378 e. The minimum Gasteiger partial charge on any atom is -0.378 e. The molecule has 3 aromatic rings. The van der Waals surface area contributed by atoms with Gasteiger partial charge in [-0.3, -0.25) is 4.79 Å². The predicted octanol–water partition coefficient (Wildman–Crippen LogP) is 4.30. The third-order valence-electron chi connectivity index (χ3n) is 6.26. The molecular formula is C26H28FN3O3. The summed E-state index contributed by atoms with van der Waals surface area (Å²) >= 11 is 0. The molecule has 0 spiro atoms. The Morgan fingerprint density at radius 2 is 1.79 bits per heavy atom. The lowest BCUT2D eigenvalue weighted by molar-refractivity contribution is -0.131. The van der Waals surface area contributed by atoms with E-state index in [1.165, 1.54) is 12.1 Å². The van der Waals surface area contributed by atoms with E-state index < -0.39 is 0 Å². The molecule has 6 nitrogen and oxygen atoms in total. The number of hydrogen-bond acceptors (Lipinski definition) is 5. The quantitative estimate of drug-likeness (QED) is 0.513. The molecule has 1 saturated heterocycles. The van der Waals surface area contributed by atoms with E-state index in [0.29, 0.717) is 56.8 Å². The van der Waals surface area contributed by atoms with Gasteiger partial charge in [-0.2, -0.15) is 0 Å². The number of ether oxygens (including phenoxy) is 1. The summed E-state index contributed by atoms with van der Waals surface area (Å²) in [5, 5.41) is 4.36. The first-order valence-electron chi connectivity index (χ1n) is 11.6. The van der Waals surface area contributed by atoms with Crippen LogP contribution in [0.5, 0.6) is 0 Å². The zero-order chi connectivity index (χ0) is 22.6. The Morgan fingerprint density at radius 1 is 1.06 bits per heavy atom. The first-order chi connectivity index (χ1) is 16.2. The maximum atomic E-state index is 13.6. The van der Waals surface area contributed by atoms with Crippen LogP contribution < -0.4 is 4.90 Å². The number of benzene rings is 2. The molecule has 5 rings (SSSR count). The Morgan fingerprint density at radius 3 is 2.48 bits per heavy atom. The van der Waals surface area contributed by atoms with Crippen molar-refractivity contribution >= 4 is 11.8 Å². The molecule has 1 aliphatic heterocycles. The molecule has 2 fully saturated rings. The molecule has 1 aromatic heterocycles. The molecule has 2 heterocycles. The number of nitrogens with zero attached hydrogens (tertiary/aromatic N) is 3. The molecule has 172 valence electrons. The van der Waals surface area contributed by atoms with E-state index in [9.17, 15) is 9.18 Å². The van der Waals surface area contributed by atoms with Gasteiger partial charge in [-0.1, -0.05) is 35.5 Å². The Hall–Kier alpha value is -3.19. The van der Waals surface area contributed by atoms with Gasteiger partial charge in [0.05, 0.1) is 31.7 Å². The highest BCUT2D eigenvalue weighted by Crippen LogP contribution is 2.35. The van der Waals surface area contributed by atoms with Gasteiger partial charge in [0.1, 0.15) is 11.5 Å². The summed E-state index contributed by atoms with van der Waals surface area (Å²) < 4.78 is 24.9. The molecular weight excluding hydrogens is 421 g/mol. The summed E-state index contributed by atoms with van der Waals surface area (Å²) in [5.41, 5.74) is 3.30. The van der Waals surface area contributed by atoms with Crippen molar-refractivity contribution in [1.82, 2.24) is 10.1 Å². The Bertz CT molecular complexity index is 1070. The fourth-order valence-corrected chi connectivity index (χ4v) is 4.23. The van der Waals surface area contributed by atoms with Crippen LogP contribution in [0.1, 0.15) is 24.0 Å². The minimum atomic E-state index is -0.300. The molecule has 0 bridgehead atoms. The summed E-state index contributed by atoms with van der Waals surface area (Å²) in [7, 11) is 0. The van der Waals surface area contributed by atoms with E-state index in [0.717, 1.165) is 36.1 Å². The van der Waals surface area contributed by atoms with Crippen LogP contribution in [0, 0.1) is 11.7 Å². The average molecular weight is 450 g/mol. The zero-order valence-electron chi connectivity index (χ0n) is 18.6. The molecule has 33 heavy (non-hydrogen) atoms. The fraction of sp³-hybridized carbons (Fsp3) is 0.385. The summed E-state index contributed by atoms with van der Waals surface area (Å²) in [6.07, 6.45) is 2.66. The van der Waals surface area contributed by atoms with E-state index in [1.807, 2.05) is 35.2 Å². The van der Waals surface area contributed by atoms with E-state index in [1.54, 1.807) is 12.1 Å². The SMILES string of the molecule is O=C(Cc1ccccc1)N(Cc1c(-c2ccc(F)cc2)noc1N1CCOCC1)CC1CC1. The van der Waals surface area contributed by atoms with Crippen LogP contribution in [0.25, 0.3) is 11.3 Å². The summed E-state index contributed by atoms with van der Waals surface area (Å²) in [6, 6.07) is 16.1. The normalized spacial score (nSPS) is 16.1. The van der Waals surface area contributed by atoms with Crippen LogP contribution in [0.4, 0.5) is 10.3 Å². The number of halogens is 1. The number of aromatic nitrogens is 1. The molecule has 1 saturated carbocycles. The second-order valence-electron chi connectivity index (χ2n) is 8.80. The van der Waals surface area contributed by atoms with Crippen molar-refractivity contribution in [1.29, 1.82) is 0 Å². The van der Waals surface area contributed by atoms with Crippen molar-refractivity contribution in [2.24, 2.45) is 5.92 Å². The number of anilines is 1. The van der Waals surface area contributed by atoms with Gasteiger partial charge in [0.2, 0.25) is 11.8 Å². The van der Waals surface area contributed by atoms with E-state index >= 15 is 0 Å². The summed E-state index contributed by atoms with van der Waals surface area (Å²) in [6.45, 7) is 3.76. The maximum absolute atomic E-state index is 13.6. The molecule has 7 heteroatoms. The van der Waals surface area contributed by atoms with Gasteiger partial charge in [0.15, 0.2) is 0 Å². The second-order valence-corrected chi connectivity index (χ2v) is 8.80. The van der Waals surface area contributed by atoms with Gasteiger partial charge in [-0.05, 0) is 48.6 Å². The number of morpholine rings is 1. The van der Waals surface area contributed by atoms with Gasteiger partial charge < -0.3 is 19.1 Å². The van der Waals surface area contributed by atoms with Gasteiger partial charge in [0, 0.05) is 25.2 Å². The van der Waals surface area contributed by atoms with E-state index in [4.69, 9.17) is 9.26 Å². The molecule has 0 unspecified atom stereocenters. The predicted molar refractivity (Wildman–Crippen MR) is 123 cm³/mol. The third-order valence-corrected chi connectivity index (χ3v) is 6.26. The number of hydrogen-bond donors (Lipinski definition) is 0. The van der Waals surface area contributed by atoms with Gasteiger partial charge in [-0.15, -0.1) is 0 Å². The van der Waals surface area contributed by atoms with Gasteiger partial charge in [-0.25, -0.2) is 4.39 Å². The first kappa shape index (κ1) is 21.6. The van der Waals surface area contributed by atoms with Crippen molar-refractivity contribution in [2.45, 2.75) is 25.8 Å². The number of carbonyl (C=O) groups excluding carboxylic acids is 1. The molecule has 2 aromatic carbocycles. The van der Waals surface area contributed by atoms with Gasteiger partial charge >= 0.3 is 0 Å². The second kappa shape index (κ2) is 9.75. The first-order valence-corrected chi connectivity index (χ1v) is 11.6. The van der Waals surface area contributed by atoms with Crippen molar-refractivity contribution in [3.63, 3.8) is 0 Å². The Labute approximate surface area is 192 Å². The minimum absolute atomic E-state index is 0.0901. The molecule has 0 radical (unpaired) electrons. The van der Waals surface area contributed by atoms with E-state index in [-0.39, 0.29) is 11.7 Å². The highest BCUT2D eigenvalue weighted by molar-refractivity contribution is 5.79. The Balaban J connectivity index is 1.46. The van der Waals surface area contributed by atoms with Crippen molar-refractivity contribution in [3.05, 3.63) is 71.5 Å². The standard InChI is InChI=1S/C26H28FN3O3/c27-22-10-8-21(9-11-22)25-23(26(33-28-25)29-12-14-32-15-13-29)18-30(17-20-6-7-20)24(31)16-19-4-2-1-3-5-19/h1-5,8-11,20H,6-7,12-18H2. The fourth-order valence-electron chi connectivity index (χ4n) is 4.23. The summed E-state index contributed by atoms with van der Waals surface area (Å²) in [4.78, 5) is 17.4. The van der Waals surface area contributed by atoms with Crippen LogP contribution in [0.15, 0.2) is 59.1 Å². The highest BCUT2D eigenvalue weighted by atomic mass is 19.1. The summed E-state index contributed by atoms with van der Waals surface area (Å²) in [5.74, 6) is 1.01. The Kier molecular flexibility index (Phi) is 6.39. The third kappa shape index (κ3) is 5.25. The molecule has 1 aliphatic carbocycles. The van der Waals surface area contributed by atoms with Gasteiger partial charge in [0.25, 0.3) is 0 Å². The van der Waals surface area contributed by atoms with Crippen LogP contribution in [0.2, 0.25) is 0 Å². The lowest BCUT2D eigenvalue weighted by Crippen LogP contribution is -2.38. The van der Waals surface area contributed by atoms with Crippen LogP contribution in [-0.2, 0) is 22.5 Å². The number of amides is 1. The van der Waals surface area contributed by atoms with Crippen molar-refractivity contribution in [3.8, 4) is 11.3 Å². The molecule has 0 N–H and O–H groups in total. The average Bonchev–Trinajstić information content (AvgIpc) is 3.57. The van der Waals surface area contributed by atoms with Crippen LogP contribution in [0.3, 0.4) is 0 Å². The molecule has 0 atom stereocenters. The van der Waals surface area contributed by atoms with Crippen molar-refractivity contribution < 1.29 is 18.4 Å². The monoisotopic (exact) mass is 449 g/mol. The van der Waals surface area contributed by atoms with Crippen molar-refractivity contribution in [2.75, 3.05) is 37.7 Å². The zero-order valence-corrected chi connectivity index (χ0v) is 18.6. The van der Waals surface area contributed by atoms with Crippen LogP contribution >= 0.6 is 0 Å². The van der Waals surface area contributed by atoms with Crippen LogP contribution in [-0.4, -0.2) is 48.8 Å². The van der Waals surface area contributed by atoms with E-state index in [2.05, 4.69) is 10.1 Å². The highest BCUT2D eigenvalue weighted by Gasteiger charge is 2.31. The number of carbonyl (C=O) groups is 1. The topological polar surface area (TPSA) is 58.8 Å². The number of rotatable bonds is 8. The maximum Gasteiger partial charge on any atom is 0.233 e. The smallest absolute Gasteiger partial charge is 0.233 e. The molecule has 2 aliphatic rings.